The third kappa shape index (κ3) is 2.75. The molecule has 18 heavy (non-hydrogen) atoms. The Morgan fingerprint density at radius 1 is 1.44 bits per heavy atom. The van der Waals surface area contributed by atoms with Crippen molar-refractivity contribution in [1.29, 1.82) is 0 Å². The quantitative estimate of drug-likeness (QED) is 0.932. The number of β-amino-alcohol motifs (C(OH)–C–C–N with tert-alkyl or cyclic N) is 1. The second-order valence-electron chi connectivity index (χ2n) is 5.15. The predicted molar refractivity (Wildman–Crippen MR) is 74.6 cm³/mol. The fourth-order valence-corrected chi connectivity index (χ4v) is 3.08. The van der Waals surface area contributed by atoms with Crippen LogP contribution in [-0.4, -0.2) is 34.6 Å². The average molecular weight is 312 g/mol. The van der Waals surface area contributed by atoms with Gasteiger partial charge in [-0.1, -0.05) is 29.3 Å². The SMILES string of the molecule is CCCC1(O)CN(C(=O)c2cc(C)cc(Br)c2)C1. The van der Waals surface area contributed by atoms with Gasteiger partial charge in [0.05, 0.1) is 18.7 Å². The minimum absolute atomic E-state index is 0.000165. The van der Waals surface area contributed by atoms with E-state index >= 15 is 0 Å². The molecule has 1 heterocycles. The number of carbonyl (C=O) groups excluding carboxylic acids is 1. The summed E-state index contributed by atoms with van der Waals surface area (Å²) in [5, 5.41) is 10.1. The van der Waals surface area contributed by atoms with E-state index in [4.69, 9.17) is 0 Å². The van der Waals surface area contributed by atoms with Crippen molar-refractivity contribution in [2.75, 3.05) is 13.1 Å². The smallest absolute Gasteiger partial charge is 0.254 e. The lowest BCUT2D eigenvalue weighted by molar-refractivity contribution is -0.0860. The monoisotopic (exact) mass is 311 g/mol. The van der Waals surface area contributed by atoms with Gasteiger partial charge >= 0.3 is 0 Å². The summed E-state index contributed by atoms with van der Waals surface area (Å²) in [5.41, 5.74) is 1.07. The van der Waals surface area contributed by atoms with Crippen LogP contribution in [-0.2, 0) is 0 Å². The summed E-state index contributed by atoms with van der Waals surface area (Å²) in [6.07, 6.45) is 1.70. The van der Waals surface area contributed by atoms with Crippen molar-refractivity contribution in [2.24, 2.45) is 0 Å². The lowest BCUT2D eigenvalue weighted by atomic mass is 9.88. The Morgan fingerprint density at radius 3 is 2.67 bits per heavy atom. The molecular weight excluding hydrogens is 294 g/mol. The van der Waals surface area contributed by atoms with Crippen LogP contribution in [0.3, 0.4) is 0 Å². The Labute approximate surface area is 116 Å². The van der Waals surface area contributed by atoms with Crippen molar-refractivity contribution in [3.8, 4) is 0 Å². The van der Waals surface area contributed by atoms with Gasteiger partial charge in [0.1, 0.15) is 0 Å². The molecule has 0 saturated carbocycles. The number of aliphatic hydroxyl groups is 1. The van der Waals surface area contributed by atoms with Crippen LogP contribution in [0.4, 0.5) is 0 Å². The van der Waals surface area contributed by atoms with Gasteiger partial charge < -0.3 is 10.0 Å². The molecule has 0 atom stereocenters. The molecule has 3 nitrogen and oxygen atoms in total. The van der Waals surface area contributed by atoms with Gasteiger partial charge in [0.25, 0.3) is 5.91 Å². The third-order valence-electron chi connectivity index (χ3n) is 3.26. The molecule has 2 rings (SSSR count). The van der Waals surface area contributed by atoms with Gasteiger partial charge in [-0.15, -0.1) is 0 Å². The van der Waals surface area contributed by atoms with E-state index in [1.54, 1.807) is 4.90 Å². The van der Waals surface area contributed by atoms with Gasteiger partial charge in [-0.3, -0.25) is 4.79 Å². The van der Waals surface area contributed by atoms with Crippen molar-refractivity contribution in [3.63, 3.8) is 0 Å². The first-order valence-electron chi connectivity index (χ1n) is 6.22. The molecule has 1 aliphatic rings. The van der Waals surface area contributed by atoms with Gasteiger partial charge in [0, 0.05) is 10.0 Å². The molecule has 1 aromatic rings. The summed E-state index contributed by atoms with van der Waals surface area (Å²) in [4.78, 5) is 13.9. The number of carbonyl (C=O) groups is 1. The molecule has 0 unspecified atom stereocenters. The number of nitrogens with zero attached hydrogens (tertiary/aromatic N) is 1. The zero-order valence-electron chi connectivity index (χ0n) is 10.7. The summed E-state index contributed by atoms with van der Waals surface area (Å²) in [5.74, 6) is 0.000165. The molecule has 1 saturated heterocycles. The first-order valence-corrected chi connectivity index (χ1v) is 7.02. The second kappa shape index (κ2) is 5.02. The predicted octanol–water partition coefficient (Wildman–Crippen LogP) is 2.74. The van der Waals surface area contributed by atoms with Gasteiger partial charge in [0.2, 0.25) is 0 Å². The Hall–Kier alpha value is -0.870. The first-order chi connectivity index (χ1) is 8.43. The van der Waals surface area contributed by atoms with Gasteiger partial charge in [-0.05, 0) is 37.1 Å². The highest BCUT2D eigenvalue weighted by atomic mass is 79.9. The number of benzene rings is 1. The number of likely N-dealkylation sites (tertiary alicyclic amines) is 1. The van der Waals surface area contributed by atoms with Crippen molar-refractivity contribution in [1.82, 2.24) is 4.90 Å². The lowest BCUT2D eigenvalue weighted by Crippen LogP contribution is -2.63. The molecule has 1 amide bonds. The van der Waals surface area contributed by atoms with E-state index in [0.717, 1.165) is 22.9 Å². The molecule has 1 N–H and O–H groups in total. The highest BCUT2D eigenvalue weighted by Gasteiger charge is 2.42. The summed E-state index contributed by atoms with van der Waals surface area (Å²) < 4.78 is 0.912. The van der Waals surface area contributed by atoms with Crippen molar-refractivity contribution < 1.29 is 9.90 Å². The molecule has 0 aromatic heterocycles. The number of hydrogen-bond donors (Lipinski definition) is 1. The Bertz CT molecular complexity index is 447. The molecular formula is C14H18BrNO2. The van der Waals surface area contributed by atoms with E-state index in [0.29, 0.717) is 18.7 Å². The minimum Gasteiger partial charge on any atom is -0.386 e. The lowest BCUT2D eigenvalue weighted by Gasteiger charge is -2.46. The number of halogens is 1. The van der Waals surface area contributed by atoms with Crippen LogP contribution in [0.15, 0.2) is 22.7 Å². The van der Waals surface area contributed by atoms with Crippen molar-refractivity contribution >= 4 is 21.8 Å². The van der Waals surface area contributed by atoms with Crippen LogP contribution in [0.25, 0.3) is 0 Å². The molecule has 0 spiro atoms. The Morgan fingerprint density at radius 2 is 2.11 bits per heavy atom. The van der Waals surface area contributed by atoms with Crippen LogP contribution >= 0.6 is 15.9 Å². The fraction of sp³-hybridized carbons (Fsp3) is 0.500. The fourth-order valence-electron chi connectivity index (χ4n) is 2.47. The van der Waals surface area contributed by atoms with E-state index in [2.05, 4.69) is 15.9 Å². The first kappa shape index (κ1) is 13.6. The standard InChI is InChI=1S/C14H18BrNO2/c1-3-4-14(18)8-16(9-14)13(17)11-5-10(2)6-12(15)7-11/h5-7,18H,3-4,8-9H2,1-2H3. The maximum Gasteiger partial charge on any atom is 0.254 e. The van der Waals surface area contributed by atoms with Gasteiger partial charge in [0.15, 0.2) is 0 Å². The molecule has 1 fully saturated rings. The van der Waals surface area contributed by atoms with E-state index in [1.807, 2.05) is 32.0 Å². The third-order valence-corrected chi connectivity index (χ3v) is 3.72. The second-order valence-corrected chi connectivity index (χ2v) is 6.07. The molecule has 1 aliphatic heterocycles. The number of hydrogen-bond acceptors (Lipinski definition) is 2. The van der Waals surface area contributed by atoms with Crippen molar-refractivity contribution in [2.45, 2.75) is 32.3 Å². The van der Waals surface area contributed by atoms with Crippen LogP contribution in [0.5, 0.6) is 0 Å². The topological polar surface area (TPSA) is 40.5 Å². The zero-order valence-corrected chi connectivity index (χ0v) is 12.3. The maximum atomic E-state index is 12.2. The largest absolute Gasteiger partial charge is 0.386 e. The molecule has 0 bridgehead atoms. The van der Waals surface area contributed by atoms with E-state index < -0.39 is 5.60 Å². The average Bonchev–Trinajstić information content (AvgIpc) is 2.23. The van der Waals surface area contributed by atoms with E-state index in [-0.39, 0.29) is 5.91 Å². The Kier molecular flexibility index (Phi) is 3.78. The highest BCUT2D eigenvalue weighted by molar-refractivity contribution is 9.10. The van der Waals surface area contributed by atoms with Crippen LogP contribution in [0, 0.1) is 6.92 Å². The number of rotatable bonds is 3. The minimum atomic E-state index is -0.661. The molecule has 0 radical (unpaired) electrons. The Balaban J connectivity index is 2.06. The van der Waals surface area contributed by atoms with E-state index in [9.17, 15) is 9.90 Å². The molecule has 98 valence electrons. The molecule has 1 aromatic carbocycles. The normalized spacial score (nSPS) is 17.4. The van der Waals surface area contributed by atoms with Gasteiger partial charge in [-0.2, -0.15) is 0 Å². The highest BCUT2D eigenvalue weighted by Crippen LogP contribution is 2.28. The summed E-state index contributed by atoms with van der Waals surface area (Å²) in [6.45, 7) is 4.90. The number of aryl methyl sites for hydroxylation is 1. The van der Waals surface area contributed by atoms with Crippen molar-refractivity contribution in [3.05, 3.63) is 33.8 Å². The van der Waals surface area contributed by atoms with Crippen LogP contribution in [0.1, 0.15) is 35.7 Å². The zero-order chi connectivity index (χ0) is 13.3. The molecule has 0 aliphatic carbocycles. The van der Waals surface area contributed by atoms with E-state index in [1.165, 1.54) is 0 Å². The van der Waals surface area contributed by atoms with Gasteiger partial charge in [-0.25, -0.2) is 0 Å². The summed E-state index contributed by atoms with van der Waals surface area (Å²) >= 11 is 3.40. The summed E-state index contributed by atoms with van der Waals surface area (Å²) in [7, 11) is 0. The van der Waals surface area contributed by atoms with Crippen LogP contribution in [0.2, 0.25) is 0 Å². The van der Waals surface area contributed by atoms with Crippen LogP contribution < -0.4 is 0 Å². The maximum absolute atomic E-state index is 12.2. The number of amides is 1. The summed E-state index contributed by atoms with van der Waals surface area (Å²) in [6, 6.07) is 5.68. The molecule has 4 heteroatoms.